The molecule has 1 rings (SSSR count). The zero-order valence-corrected chi connectivity index (χ0v) is 11.1. The van der Waals surface area contributed by atoms with E-state index in [1.54, 1.807) is 4.90 Å². The second kappa shape index (κ2) is 6.66. The first kappa shape index (κ1) is 13.2. The molecule has 0 radical (unpaired) electrons. The van der Waals surface area contributed by atoms with E-state index in [1.165, 1.54) is 11.8 Å². The van der Waals surface area contributed by atoms with Crippen LogP contribution in [0.5, 0.6) is 0 Å². The Morgan fingerprint density at radius 1 is 1.38 bits per heavy atom. The molecule has 1 aromatic rings. The van der Waals surface area contributed by atoms with Crippen molar-refractivity contribution in [2.45, 2.75) is 13.3 Å². The molecule has 0 unspecified atom stereocenters. The molecular formula is C12H15NOS2. The van der Waals surface area contributed by atoms with Gasteiger partial charge in [-0.3, -0.25) is 9.69 Å². The molecule has 16 heavy (non-hydrogen) atoms. The average Bonchev–Trinajstić information content (AvgIpc) is 2.31. The Morgan fingerprint density at radius 3 is 2.50 bits per heavy atom. The molecule has 0 aliphatic heterocycles. The molecule has 0 aliphatic rings. The Labute approximate surface area is 106 Å². The van der Waals surface area contributed by atoms with E-state index in [0.717, 1.165) is 5.56 Å². The number of thioether (sulfide) groups is 1. The van der Waals surface area contributed by atoms with Crippen molar-refractivity contribution < 1.29 is 4.79 Å². The van der Waals surface area contributed by atoms with Crippen molar-refractivity contribution in [3.8, 4) is 0 Å². The van der Waals surface area contributed by atoms with Gasteiger partial charge in [-0.1, -0.05) is 54.3 Å². The minimum atomic E-state index is 0.0630. The van der Waals surface area contributed by atoms with Crippen LogP contribution in [-0.4, -0.2) is 27.9 Å². The molecule has 1 amide bonds. The van der Waals surface area contributed by atoms with Gasteiger partial charge in [-0.05, 0) is 18.7 Å². The van der Waals surface area contributed by atoms with Crippen molar-refractivity contribution in [2.75, 3.05) is 12.8 Å². The number of carbonyl (C=O) groups excluding carboxylic acids is 1. The second-order valence-electron chi connectivity index (χ2n) is 3.27. The van der Waals surface area contributed by atoms with Gasteiger partial charge in [0.25, 0.3) is 0 Å². The molecule has 0 fully saturated rings. The van der Waals surface area contributed by atoms with Gasteiger partial charge in [0.15, 0.2) is 0 Å². The summed E-state index contributed by atoms with van der Waals surface area (Å²) in [6.07, 6.45) is 2.30. The smallest absolute Gasteiger partial charge is 0.232 e. The standard InChI is InChI=1S/C12H15NOS2/c1-3-13(12(15)16-2)11(14)9-10-7-5-4-6-8-10/h4-8H,3,9H2,1-2H3. The highest BCUT2D eigenvalue weighted by molar-refractivity contribution is 8.22. The van der Waals surface area contributed by atoms with Crippen molar-refractivity contribution in [3.63, 3.8) is 0 Å². The molecule has 4 heteroatoms. The largest absolute Gasteiger partial charge is 0.298 e. The first-order valence-corrected chi connectivity index (χ1v) is 6.74. The zero-order valence-electron chi connectivity index (χ0n) is 9.47. The van der Waals surface area contributed by atoms with E-state index in [9.17, 15) is 4.79 Å². The van der Waals surface area contributed by atoms with Gasteiger partial charge < -0.3 is 0 Å². The molecule has 0 heterocycles. The van der Waals surface area contributed by atoms with Crippen LogP contribution in [0.3, 0.4) is 0 Å². The fourth-order valence-corrected chi connectivity index (χ4v) is 2.07. The van der Waals surface area contributed by atoms with Gasteiger partial charge in [-0.15, -0.1) is 0 Å². The number of likely N-dealkylation sites (N-methyl/N-ethyl adjacent to an activating group) is 1. The highest BCUT2D eigenvalue weighted by Crippen LogP contribution is 2.09. The van der Waals surface area contributed by atoms with Crippen molar-refractivity contribution in [3.05, 3.63) is 35.9 Å². The Morgan fingerprint density at radius 2 is 2.00 bits per heavy atom. The predicted molar refractivity (Wildman–Crippen MR) is 73.6 cm³/mol. The molecular weight excluding hydrogens is 238 g/mol. The molecule has 0 atom stereocenters. The normalized spacial score (nSPS) is 9.88. The molecule has 0 aliphatic carbocycles. The van der Waals surface area contributed by atoms with Crippen LogP contribution in [0, 0.1) is 0 Å². The van der Waals surface area contributed by atoms with Crippen LogP contribution in [0.2, 0.25) is 0 Å². The van der Waals surface area contributed by atoms with Gasteiger partial charge in [0, 0.05) is 6.54 Å². The van der Waals surface area contributed by atoms with E-state index in [0.29, 0.717) is 17.3 Å². The van der Waals surface area contributed by atoms with E-state index in [-0.39, 0.29) is 5.91 Å². The van der Waals surface area contributed by atoms with Gasteiger partial charge in [-0.25, -0.2) is 0 Å². The summed E-state index contributed by atoms with van der Waals surface area (Å²) in [5.41, 5.74) is 1.02. The van der Waals surface area contributed by atoms with E-state index < -0.39 is 0 Å². The fourth-order valence-electron chi connectivity index (χ4n) is 1.38. The molecule has 0 aromatic heterocycles. The van der Waals surface area contributed by atoms with Crippen molar-refractivity contribution in [1.82, 2.24) is 4.90 Å². The van der Waals surface area contributed by atoms with Crippen molar-refractivity contribution in [2.24, 2.45) is 0 Å². The average molecular weight is 253 g/mol. The molecule has 86 valence electrons. The highest BCUT2D eigenvalue weighted by Gasteiger charge is 2.15. The van der Waals surface area contributed by atoms with Crippen LogP contribution in [0.25, 0.3) is 0 Å². The monoisotopic (exact) mass is 253 g/mol. The lowest BCUT2D eigenvalue weighted by Crippen LogP contribution is -2.34. The van der Waals surface area contributed by atoms with Crippen LogP contribution in [0.4, 0.5) is 0 Å². The highest BCUT2D eigenvalue weighted by atomic mass is 32.2. The number of thiocarbonyl (C=S) groups is 1. The lowest BCUT2D eigenvalue weighted by molar-refractivity contribution is -0.126. The summed E-state index contributed by atoms with van der Waals surface area (Å²) in [6.45, 7) is 2.57. The van der Waals surface area contributed by atoms with Gasteiger partial charge in [0.05, 0.1) is 6.42 Å². The predicted octanol–water partition coefficient (Wildman–Crippen LogP) is 2.73. The lowest BCUT2D eigenvalue weighted by atomic mass is 10.1. The first-order valence-electron chi connectivity index (χ1n) is 5.11. The molecule has 2 nitrogen and oxygen atoms in total. The van der Waals surface area contributed by atoms with E-state index in [2.05, 4.69) is 0 Å². The number of rotatable bonds is 3. The number of nitrogens with zero attached hydrogens (tertiary/aromatic N) is 1. The first-order chi connectivity index (χ1) is 7.69. The maximum Gasteiger partial charge on any atom is 0.232 e. The van der Waals surface area contributed by atoms with Gasteiger partial charge >= 0.3 is 0 Å². The molecule has 1 aromatic carbocycles. The second-order valence-corrected chi connectivity index (χ2v) is 4.71. The Kier molecular flexibility index (Phi) is 5.49. The zero-order chi connectivity index (χ0) is 12.0. The molecule has 0 bridgehead atoms. The van der Waals surface area contributed by atoms with Gasteiger partial charge in [0.1, 0.15) is 4.32 Å². The van der Waals surface area contributed by atoms with E-state index in [4.69, 9.17) is 12.2 Å². The lowest BCUT2D eigenvalue weighted by Gasteiger charge is -2.20. The molecule has 0 spiro atoms. The summed E-state index contributed by atoms with van der Waals surface area (Å²) in [6, 6.07) is 9.72. The van der Waals surface area contributed by atoms with Crippen molar-refractivity contribution in [1.29, 1.82) is 0 Å². The van der Waals surface area contributed by atoms with Crippen LogP contribution in [0.1, 0.15) is 12.5 Å². The SMILES string of the molecule is CCN(C(=O)Cc1ccccc1)C(=S)SC. The molecule has 0 N–H and O–H groups in total. The summed E-state index contributed by atoms with van der Waals surface area (Å²) in [4.78, 5) is 13.6. The number of benzene rings is 1. The third-order valence-electron chi connectivity index (χ3n) is 2.21. The number of carbonyl (C=O) groups is 1. The van der Waals surface area contributed by atoms with Crippen LogP contribution < -0.4 is 0 Å². The number of hydrogen-bond acceptors (Lipinski definition) is 3. The summed E-state index contributed by atoms with van der Waals surface area (Å²) in [7, 11) is 0. The summed E-state index contributed by atoms with van der Waals surface area (Å²) >= 11 is 6.57. The van der Waals surface area contributed by atoms with Crippen LogP contribution >= 0.6 is 24.0 Å². The Hall–Kier alpha value is -0.870. The maximum absolute atomic E-state index is 12.0. The van der Waals surface area contributed by atoms with E-state index >= 15 is 0 Å². The number of hydrogen-bond donors (Lipinski definition) is 0. The molecule has 0 saturated heterocycles. The Bertz CT molecular complexity index is 365. The summed E-state index contributed by atoms with van der Waals surface area (Å²) in [5, 5.41) is 0. The minimum Gasteiger partial charge on any atom is -0.298 e. The third-order valence-corrected chi connectivity index (χ3v) is 3.50. The third kappa shape index (κ3) is 3.61. The van der Waals surface area contributed by atoms with Crippen molar-refractivity contribution >= 4 is 34.2 Å². The maximum atomic E-state index is 12.0. The van der Waals surface area contributed by atoms with Gasteiger partial charge in [-0.2, -0.15) is 0 Å². The number of amides is 1. The molecule has 0 saturated carbocycles. The summed E-state index contributed by atoms with van der Waals surface area (Å²) in [5.74, 6) is 0.0630. The van der Waals surface area contributed by atoms with E-state index in [1.807, 2.05) is 43.5 Å². The van der Waals surface area contributed by atoms with Crippen LogP contribution in [-0.2, 0) is 11.2 Å². The summed E-state index contributed by atoms with van der Waals surface area (Å²) < 4.78 is 0.642. The fraction of sp³-hybridized carbons (Fsp3) is 0.333. The minimum absolute atomic E-state index is 0.0630. The Balaban J connectivity index is 2.67. The topological polar surface area (TPSA) is 20.3 Å². The van der Waals surface area contributed by atoms with Gasteiger partial charge in [0.2, 0.25) is 5.91 Å². The van der Waals surface area contributed by atoms with Crippen LogP contribution in [0.15, 0.2) is 30.3 Å². The quantitative estimate of drug-likeness (QED) is 0.773.